The van der Waals surface area contributed by atoms with Gasteiger partial charge in [0.25, 0.3) is 5.91 Å². The zero-order valence-corrected chi connectivity index (χ0v) is 17.1. The molecule has 0 aliphatic heterocycles. The molecule has 0 unspecified atom stereocenters. The van der Waals surface area contributed by atoms with Crippen molar-refractivity contribution in [3.05, 3.63) is 78.6 Å². The number of aliphatic hydroxyl groups excluding tert-OH is 1. The summed E-state index contributed by atoms with van der Waals surface area (Å²) in [5.41, 5.74) is 5.08. The number of rotatable bonds is 8. The summed E-state index contributed by atoms with van der Waals surface area (Å²) in [6.45, 7) is 10.7. The lowest BCUT2D eigenvalue weighted by Crippen LogP contribution is -2.27. The molecule has 3 aromatic rings. The lowest BCUT2D eigenvalue weighted by atomic mass is 9.96. The van der Waals surface area contributed by atoms with Crippen molar-refractivity contribution in [2.45, 2.75) is 19.8 Å². The molecule has 1 amide bonds. The smallest absolute Gasteiger partial charge is 0.253 e. The molecule has 0 saturated carbocycles. The van der Waals surface area contributed by atoms with Crippen LogP contribution in [-0.4, -0.2) is 36.1 Å². The highest BCUT2D eigenvalue weighted by Gasteiger charge is 2.14. The van der Waals surface area contributed by atoms with Gasteiger partial charge < -0.3 is 14.4 Å². The molecule has 0 atom stereocenters. The van der Waals surface area contributed by atoms with Gasteiger partial charge >= 0.3 is 0 Å². The van der Waals surface area contributed by atoms with Crippen LogP contribution in [0.4, 0.5) is 0 Å². The van der Waals surface area contributed by atoms with Crippen LogP contribution in [0.5, 0.6) is 0 Å². The molecule has 0 aliphatic rings. The van der Waals surface area contributed by atoms with Gasteiger partial charge in [-0.25, -0.2) is 0 Å². The molecule has 1 heterocycles. The summed E-state index contributed by atoms with van der Waals surface area (Å²) >= 11 is 0. The summed E-state index contributed by atoms with van der Waals surface area (Å²) in [6.07, 6.45) is 3.10. The van der Waals surface area contributed by atoms with Crippen LogP contribution in [0.3, 0.4) is 0 Å². The van der Waals surface area contributed by atoms with Crippen LogP contribution in [0.1, 0.15) is 35.0 Å². The van der Waals surface area contributed by atoms with Crippen LogP contribution in [0.15, 0.2) is 66.1 Å². The third kappa shape index (κ3) is 4.33. The monoisotopic (exact) mass is 389 g/mol. The van der Waals surface area contributed by atoms with Crippen molar-refractivity contribution in [2.75, 3.05) is 20.2 Å². The highest BCUT2D eigenvalue weighted by molar-refractivity contribution is 5.97. The summed E-state index contributed by atoms with van der Waals surface area (Å²) in [5.74, 6) is 0.760. The zero-order chi connectivity index (χ0) is 21.0. The predicted octanol–water partition coefficient (Wildman–Crippen LogP) is 5.32. The van der Waals surface area contributed by atoms with E-state index in [0.29, 0.717) is 12.0 Å². The molecular weight excluding hydrogens is 362 g/mol. The number of carbonyl (C=O) groups excluding carboxylic acids is 1. The fourth-order valence-electron chi connectivity index (χ4n) is 3.42. The molecule has 2 aromatic carbocycles. The van der Waals surface area contributed by atoms with Gasteiger partial charge in [0.15, 0.2) is 0 Å². The van der Waals surface area contributed by atoms with E-state index in [-0.39, 0.29) is 12.5 Å². The summed E-state index contributed by atoms with van der Waals surface area (Å²) < 4.78 is 5.93. The van der Waals surface area contributed by atoms with E-state index >= 15 is 0 Å². The van der Waals surface area contributed by atoms with Crippen LogP contribution < -0.4 is 0 Å². The second kappa shape index (κ2) is 8.93. The van der Waals surface area contributed by atoms with Gasteiger partial charge in [-0.2, -0.15) is 0 Å². The van der Waals surface area contributed by atoms with E-state index in [0.717, 1.165) is 52.0 Å². The first-order valence-electron chi connectivity index (χ1n) is 9.83. The third-order valence-corrected chi connectivity index (χ3v) is 4.99. The van der Waals surface area contributed by atoms with Gasteiger partial charge in [-0.15, -0.1) is 0 Å². The van der Waals surface area contributed by atoms with Gasteiger partial charge in [0.1, 0.15) is 11.3 Å². The molecule has 1 aromatic heterocycles. The Balaban J connectivity index is 2.01. The van der Waals surface area contributed by atoms with Crippen LogP contribution in [0.25, 0.3) is 27.7 Å². The molecule has 0 fully saturated rings. The normalized spacial score (nSPS) is 10.9. The van der Waals surface area contributed by atoms with Crippen LogP contribution in [0, 0.1) is 0 Å². The minimum atomic E-state index is 0.0260. The number of hydrogen-bond acceptors (Lipinski definition) is 3. The molecule has 0 spiro atoms. The molecular formula is C25H27NO3. The van der Waals surface area contributed by atoms with Crippen molar-refractivity contribution in [2.24, 2.45) is 0 Å². The number of allylic oxidation sites excluding steroid dienone is 2. The van der Waals surface area contributed by atoms with Crippen LogP contribution in [-0.2, 0) is 6.42 Å². The van der Waals surface area contributed by atoms with Crippen molar-refractivity contribution in [1.29, 1.82) is 0 Å². The lowest BCUT2D eigenvalue weighted by molar-refractivity contribution is 0.0795. The van der Waals surface area contributed by atoms with Gasteiger partial charge in [-0.3, -0.25) is 4.79 Å². The highest BCUT2D eigenvalue weighted by atomic mass is 16.3. The fraction of sp³-hybridized carbons (Fsp3) is 0.240. The first-order chi connectivity index (χ1) is 14.0. The van der Waals surface area contributed by atoms with E-state index in [9.17, 15) is 9.90 Å². The Kier molecular flexibility index (Phi) is 6.35. The molecule has 3 rings (SSSR count). The Bertz CT molecular complexity index is 1040. The molecule has 29 heavy (non-hydrogen) atoms. The Hall–Kier alpha value is -3.11. The minimum absolute atomic E-state index is 0.0260. The van der Waals surface area contributed by atoms with E-state index in [1.165, 1.54) is 0 Å². The Morgan fingerprint density at radius 2 is 1.90 bits per heavy atom. The maximum Gasteiger partial charge on any atom is 0.253 e. The van der Waals surface area contributed by atoms with E-state index in [4.69, 9.17) is 4.42 Å². The predicted molar refractivity (Wildman–Crippen MR) is 119 cm³/mol. The van der Waals surface area contributed by atoms with E-state index in [2.05, 4.69) is 26.1 Å². The molecule has 1 N–H and O–H groups in total. The van der Waals surface area contributed by atoms with Gasteiger partial charge in [-0.1, -0.05) is 38.3 Å². The Morgan fingerprint density at radius 1 is 1.17 bits per heavy atom. The molecule has 4 nitrogen and oxygen atoms in total. The van der Waals surface area contributed by atoms with E-state index in [1.54, 1.807) is 11.0 Å². The highest BCUT2D eigenvalue weighted by Crippen LogP contribution is 2.34. The van der Waals surface area contributed by atoms with Crippen molar-refractivity contribution >= 4 is 22.4 Å². The number of amides is 1. The average Bonchev–Trinajstić information content (AvgIpc) is 3.15. The first-order valence-corrected chi connectivity index (χ1v) is 9.83. The quantitative estimate of drug-likeness (QED) is 0.531. The van der Waals surface area contributed by atoms with Gasteiger partial charge in [0.2, 0.25) is 0 Å². The van der Waals surface area contributed by atoms with Crippen LogP contribution in [0.2, 0.25) is 0 Å². The van der Waals surface area contributed by atoms with Crippen molar-refractivity contribution in [3.8, 4) is 11.1 Å². The first kappa shape index (κ1) is 20.6. The van der Waals surface area contributed by atoms with Gasteiger partial charge in [0.05, 0.1) is 6.61 Å². The van der Waals surface area contributed by atoms with Crippen LogP contribution >= 0.6 is 0 Å². The maximum atomic E-state index is 12.5. The standard InChI is InChI=1S/C25H27NO3/c1-5-12-26(4)25(28)19-9-7-18(8-10-19)20-14-21-15-22(11-13-27)29-24(21)23(16-20)17(3)6-2/h6-10,14-16,27H,2-3,5,11-13H2,1,4H3. The number of hydrogen-bond donors (Lipinski definition) is 1. The maximum absolute atomic E-state index is 12.5. The molecule has 0 bridgehead atoms. The SMILES string of the molecule is C=CC(=C)c1cc(-c2ccc(C(=O)N(C)CCC)cc2)cc2cc(CCO)oc12. The second-order valence-electron chi connectivity index (χ2n) is 7.16. The molecule has 150 valence electrons. The summed E-state index contributed by atoms with van der Waals surface area (Å²) in [5, 5.41) is 10.2. The number of nitrogens with zero attached hydrogens (tertiary/aromatic N) is 1. The fourth-order valence-corrected chi connectivity index (χ4v) is 3.42. The van der Waals surface area contributed by atoms with Crippen molar-refractivity contribution < 1.29 is 14.3 Å². The zero-order valence-electron chi connectivity index (χ0n) is 17.1. The lowest BCUT2D eigenvalue weighted by Gasteiger charge is -2.16. The molecule has 0 aliphatic carbocycles. The topological polar surface area (TPSA) is 53.7 Å². The Morgan fingerprint density at radius 3 is 2.52 bits per heavy atom. The number of benzene rings is 2. The number of furan rings is 1. The molecule has 4 heteroatoms. The summed E-state index contributed by atoms with van der Waals surface area (Å²) in [7, 11) is 1.82. The summed E-state index contributed by atoms with van der Waals surface area (Å²) in [6, 6.07) is 13.7. The van der Waals surface area contributed by atoms with Gasteiger partial charge in [-0.05, 0) is 53.5 Å². The van der Waals surface area contributed by atoms with Gasteiger partial charge in [0, 0.05) is 36.5 Å². The minimum Gasteiger partial charge on any atom is -0.460 e. The number of aliphatic hydroxyl groups is 1. The molecule has 0 saturated heterocycles. The van der Waals surface area contributed by atoms with E-state index < -0.39 is 0 Å². The largest absolute Gasteiger partial charge is 0.460 e. The van der Waals surface area contributed by atoms with Crippen molar-refractivity contribution in [3.63, 3.8) is 0 Å². The number of carbonyl (C=O) groups is 1. The summed E-state index contributed by atoms with van der Waals surface area (Å²) in [4.78, 5) is 14.2. The molecule has 0 radical (unpaired) electrons. The average molecular weight is 389 g/mol. The third-order valence-electron chi connectivity index (χ3n) is 4.99. The van der Waals surface area contributed by atoms with Crippen molar-refractivity contribution in [1.82, 2.24) is 4.90 Å². The Labute approximate surface area is 171 Å². The number of fused-ring (bicyclic) bond motifs is 1. The van der Waals surface area contributed by atoms with E-state index in [1.807, 2.05) is 43.4 Å². The second-order valence-corrected chi connectivity index (χ2v) is 7.16.